The zero-order chi connectivity index (χ0) is 22.8. The van der Waals surface area contributed by atoms with Crippen LogP contribution < -0.4 is 5.73 Å². The van der Waals surface area contributed by atoms with Gasteiger partial charge >= 0.3 is 0 Å². The number of likely N-dealkylation sites (N-methyl/N-ethyl adjacent to an activating group) is 1. The third-order valence-corrected chi connectivity index (χ3v) is 7.88. The molecule has 1 aliphatic heterocycles. The number of carbonyl (C=O) groups excluding carboxylic acids is 1. The van der Waals surface area contributed by atoms with Gasteiger partial charge in [0.2, 0.25) is 0 Å². The van der Waals surface area contributed by atoms with Gasteiger partial charge in [0.1, 0.15) is 0 Å². The number of carbonyl (C=O) groups is 1. The Morgan fingerprint density at radius 3 is 2.48 bits per heavy atom. The number of guanidine groups is 1. The predicted octanol–water partition coefficient (Wildman–Crippen LogP) is 3.94. The molecular weight excluding hydrogens is 408 g/mol. The Kier molecular flexibility index (Phi) is 4.07. The molecule has 3 aliphatic rings. The van der Waals surface area contributed by atoms with Gasteiger partial charge in [0.15, 0.2) is 11.5 Å². The van der Waals surface area contributed by atoms with Crippen LogP contribution >= 0.6 is 0 Å². The Morgan fingerprint density at radius 2 is 1.73 bits per heavy atom. The average molecular weight is 433 g/mol. The van der Waals surface area contributed by atoms with Gasteiger partial charge in [0.25, 0.3) is 5.91 Å². The van der Waals surface area contributed by atoms with Crippen LogP contribution in [-0.4, -0.2) is 23.8 Å². The van der Waals surface area contributed by atoms with Crippen molar-refractivity contribution >= 4 is 11.9 Å². The smallest absolute Gasteiger partial charge is 0.262 e. The minimum atomic E-state index is -1.02. The van der Waals surface area contributed by atoms with E-state index in [4.69, 9.17) is 10.7 Å². The number of aryl methyl sites for hydroxylation is 1. The molecule has 33 heavy (non-hydrogen) atoms. The number of rotatable bonds is 1. The lowest BCUT2D eigenvalue weighted by molar-refractivity contribution is -0.135. The van der Waals surface area contributed by atoms with E-state index in [2.05, 4.69) is 48.5 Å². The van der Waals surface area contributed by atoms with Gasteiger partial charge in [-0.3, -0.25) is 9.69 Å². The highest BCUT2D eigenvalue weighted by atomic mass is 16.2. The summed E-state index contributed by atoms with van der Waals surface area (Å²) in [4.78, 5) is 20.4. The standard InChI is InChI=1S/C28H24N4O/c1-32-25(33)28(31-26(32)30)24-14-21(20-8-4-5-18(13-20)17-29)9-10-23(24)16-27(28)12-11-19-6-2-3-7-22(19)15-27/h2-10,13-14H,11-12,15-16H2,1H3,(H2,30,31). The second kappa shape index (κ2) is 6.79. The summed E-state index contributed by atoms with van der Waals surface area (Å²) >= 11 is 0. The van der Waals surface area contributed by atoms with Gasteiger partial charge in [0.05, 0.1) is 11.6 Å². The molecule has 0 fully saturated rings. The van der Waals surface area contributed by atoms with Crippen molar-refractivity contribution in [3.8, 4) is 17.2 Å². The normalized spacial score (nSPS) is 25.2. The van der Waals surface area contributed by atoms with Gasteiger partial charge in [-0.15, -0.1) is 0 Å². The lowest BCUT2D eigenvalue weighted by atomic mass is 9.60. The fourth-order valence-corrected chi connectivity index (χ4v) is 6.22. The van der Waals surface area contributed by atoms with E-state index in [-0.39, 0.29) is 17.3 Å². The molecule has 5 nitrogen and oxygen atoms in total. The van der Waals surface area contributed by atoms with E-state index < -0.39 is 5.54 Å². The molecule has 1 amide bonds. The van der Waals surface area contributed by atoms with Crippen molar-refractivity contribution < 1.29 is 4.79 Å². The van der Waals surface area contributed by atoms with Gasteiger partial charge in [-0.1, -0.05) is 48.5 Å². The van der Waals surface area contributed by atoms with Gasteiger partial charge in [-0.25, -0.2) is 4.99 Å². The minimum absolute atomic E-state index is 0.0407. The van der Waals surface area contributed by atoms with Crippen LogP contribution in [0.2, 0.25) is 0 Å². The van der Waals surface area contributed by atoms with E-state index in [1.165, 1.54) is 16.0 Å². The first-order valence-corrected chi connectivity index (χ1v) is 11.3. The van der Waals surface area contributed by atoms with Crippen LogP contribution in [0.5, 0.6) is 0 Å². The van der Waals surface area contributed by atoms with Crippen molar-refractivity contribution in [3.05, 3.63) is 94.5 Å². The molecule has 0 saturated carbocycles. The van der Waals surface area contributed by atoms with Crippen molar-refractivity contribution in [2.45, 2.75) is 31.2 Å². The van der Waals surface area contributed by atoms with Crippen molar-refractivity contribution in [2.24, 2.45) is 16.1 Å². The average Bonchev–Trinajstić information content (AvgIpc) is 3.24. The summed E-state index contributed by atoms with van der Waals surface area (Å²) in [6.07, 6.45) is 3.41. The highest BCUT2D eigenvalue weighted by molar-refractivity contribution is 6.08. The van der Waals surface area contributed by atoms with E-state index in [0.29, 0.717) is 5.56 Å². The summed E-state index contributed by atoms with van der Waals surface area (Å²) in [6.45, 7) is 0. The number of nitriles is 1. The molecule has 2 N–H and O–H groups in total. The van der Waals surface area contributed by atoms with Crippen LogP contribution in [0.1, 0.15) is 34.2 Å². The van der Waals surface area contributed by atoms with Crippen molar-refractivity contribution in [1.29, 1.82) is 5.26 Å². The SMILES string of the molecule is CN1C(=O)C2(N=C1N)c1cc(-c3cccc(C#N)c3)ccc1CC21CCc2ccccc2C1. The predicted molar refractivity (Wildman–Crippen MR) is 127 cm³/mol. The Labute approximate surface area is 193 Å². The highest BCUT2D eigenvalue weighted by Gasteiger charge is 2.66. The maximum Gasteiger partial charge on any atom is 0.262 e. The molecule has 5 heteroatoms. The third-order valence-electron chi connectivity index (χ3n) is 7.88. The molecule has 162 valence electrons. The lowest BCUT2D eigenvalue weighted by Gasteiger charge is -2.44. The molecule has 1 heterocycles. The maximum absolute atomic E-state index is 13.9. The number of benzene rings is 3. The second-order valence-corrected chi connectivity index (χ2v) is 9.51. The fourth-order valence-electron chi connectivity index (χ4n) is 6.22. The van der Waals surface area contributed by atoms with E-state index in [9.17, 15) is 10.1 Å². The number of nitrogens with two attached hydrogens (primary N) is 1. The molecule has 2 unspecified atom stereocenters. The number of aliphatic imine (C=N–C) groups is 1. The zero-order valence-corrected chi connectivity index (χ0v) is 18.5. The minimum Gasteiger partial charge on any atom is -0.369 e. The molecule has 0 bridgehead atoms. The Hall–Kier alpha value is -3.91. The quantitative estimate of drug-likeness (QED) is 0.632. The Morgan fingerprint density at radius 1 is 0.970 bits per heavy atom. The van der Waals surface area contributed by atoms with Crippen LogP contribution in [0.25, 0.3) is 11.1 Å². The molecule has 3 aromatic rings. The molecule has 3 aromatic carbocycles. The van der Waals surface area contributed by atoms with E-state index >= 15 is 0 Å². The largest absolute Gasteiger partial charge is 0.369 e. The summed E-state index contributed by atoms with van der Waals surface area (Å²) in [5.41, 5.74) is 12.2. The van der Waals surface area contributed by atoms with Gasteiger partial charge in [-0.2, -0.15) is 5.26 Å². The van der Waals surface area contributed by atoms with Gasteiger partial charge in [0, 0.05) is 12.5 Å². The first kappa shape index (κ1) is 19.8. The Bertz CT molecular complexity index is 1400. The maximum atomic E-state index is 13.9. The topological polar surface area (TPSA) is 82.5 Å². The highest BCUT2D eigenvalue weighted by Crippen LogP contribution is 2.61. The second-order valence-electron chi connectivity index (χ2n) is 9.51. The third kappa shape index (κ3) is 2.58. The van der Waals surface area contributed by atoms with Crippen LogP contribution in [0.4, 0.5) is 0 Å². The number of hydrogen-bond acceptors (Lipinski definition) is 4. The summed E-state index contributed by atoms with van der Waals surface area (Å²) in [6, 6.07) is 24.7. The van der Waals surface area contributed by atoms with Crippen molar-refractivity contribution in [3.63, 3.8) is 0 Å². The van der Waals surface area contributed by atoms with E-state index in [0.717, 1.165) is 47.9 Å². The number of amides is 1. The summed E-state index contributed by atoms with van der Waals surface area (Å²) in [5, 5.41) is 9.34. The number of hydrogen-bond donors (Lipinski definition) is 1. The number of fused-ring (bicyclic) bond motifs is 4. The first-order chi connectivity index (χ1) is 16.0. The molecule has 0 saturated heterocycles. The van der Waals surface area contributed by atoms with Crippen LogP contribution in [0.15, 0.2) is 71.7 Å². The first-order valence-electron chi connectivity index (χ1n) is 11.3. The molecule has 2 spiro atoms. The van der Waals surface area contributed by atoms with Gasteiger partial charge < -0.3 is 5.73 Å². The van der Waals surface area contributed by atoms with E-state index in [1.807, 2.05) is 18.2 Å². The van der Waals surface area contributed by atoms with Crippen molar-refractivity contribution in [2.75, 3.05) is 7.05 Å². The lowest BCUT2D eigenvalue weighted by Crippen LogP contribution is -2.51. The van der Waals surface area contributed by atoms with Gasteiger partial charge in [-0.05, 0) is 77.3 Å². The van der Waals surface area contributed by atoms with E-state index in [1.54, 1.807) is 13.1 Å². The molecule has 0 aromatic heterocycles. The summed E-state index contributed by atoms with van der Waals surface area (Å²) in [7, 11) is 1.72. The summed E-state index contributed by atoms with van der Waals surface area (Å²) < 4.78 is 0. The molecule has 0 radical (unpaired) electrons. The number of nitrogens with zero attached hydrogens (tertiary/aromatic N) is 3. The fraction of sp³-hybridized carbons (Fsp3) is 0.250. The Balaban J connectivity index is 1.56. The van der Waals surface area contributed by atoms with Crippen molar-refractivity contribution in [1.82, 2.24) is 4.90 Å². The molecular formula is C28H24N4O. The summed E-state index contributed by atoms with van der Waals surface area (Å²) in [5.74, 6) is 0.240. The molecule has 2 atom stereocenters. The van der Waals surface area contributed by atoms with Crippen LogP contribution in [0, 0.1) is 16.7 Å². The molecule has 2 aliphatic carbocycles. The zero-order valence-electron chi connectivity index (χ0n) is 18.5. The molecule has 6 rings (SSSR count). The van der Waals surface area contributed by atoms with Crippen LogP contribution in [-0.2, 0) is 29.6 Å². The monoisotopic (exact) mass is 432 g/mol. The van der Waals surface area contributed by atoms with Crippen LogP contribution in [0.3, 0.4) is 0 Å².